The summed E-state index contributed by atoms with van der Waals surface area (Å²) in [5.41, 5.74) is 13.7. The zero-order valence-corrected chi connectivity index (χ0v) is 31.9. The summed E-state index contributed by atoms with van der Waals surface area (Å²) >= 11 is 0. The van der Waals surface area contributed by atoms with Crippen LogP contribution in [-0.2, 0) is 4.79 Å². The molecule has 2 fully saturated rings. The van der Waals surface area contributed by atoms with Crippen molar-refractivity contribution in [2.24, 2.45) is 0 Å². The van der Waals surface area contributed by atoms with Gasteiger partial charge < -0.3 is 54.4 Å². The predicted molar refractivity (Wildman–Crippen MR) is 209 cm³/mol. The van der Waals surface area contributed by atoms with Gasteiger partial charge in [-0.3, -0.25) is 9.59 Å². The third-order valence-electron chi connectivity index (χ3n) is 9.61. The number of amides is 2. The van der Waals surface area contributed by atoms with Crippen LogP contribution in [0.4, 0.5) is 23.5 Å². The molecule has 2 saturated heterocycles. The van der Waals surface area contributed by atoms with Crippen molar-refractivity contribution >= 4 is 57.2 Å². The Labute approximate surface area is 319 Å². The third-order valence-corrected chi connectivity index (χ3v) is 9.61. The van der Waals surface area contributed by atoms with Crippen LogP contribution < -0.4 is 40.2 Å². The third kappa shape index (κ3) is 8.45. The minimum atomic E-state index is -0.111. The zero-order chi connectivity index (χ0) is 39.1. The molecule has 17 heteroatoms. The summed E-state index contributed by atoms with van der Waals surface area (Å²) < 4.78 is 26.6. The number of nitrogen functional groups attached to an aromatic ring is 2. The van der Waals surface area contributed by atoms with E-state index in [1.165, 1.54) is 6.26 Å². The summed E-state index contributed by atoms with van der Waals surface area (Å²) in [7, 11) is 6.31. The second-order valence-corrected chi connectivity index (χ2v) is 13.0. The molecule has 2 aliphatic heterocycles. The summed E-state index contributed by atoms with van der Waals surface area (Å²) in [4.78, 5) is 50.7. The van der Waals surface area contributed by atoms with Gasteiger partial charge in [-0.25, -0.2) is 9.97 Å². The Morgan fingerprint density at radius 3 is 1.64 bits per heavy atom. The molecule has 4 N–H and O–H groups in total. The van der Waals surface area contributed by atoms with Crippen molar-refractivity contribution in [2.45, 2.75) is 26.2 Å². The molecule has 2 amide bonds. The number of nitrogens with two attached hydrogens (primary N) is 2. The molecule has 0 aliphatic carbocycles. The number of methoxy groups -OCH3 is 4. The van der Waals surface area contributed by atoms with E-state index in [1.54, 1.807) is 63.7 Å². The molecule has 0 saturated carbocycles. The summed E-state index contributed by atoms with van der Waals surface area (Å²) in [6, 6.07) is 10.5. The monoisotopic (exact) mass is 756 g/mol. The topological polar surface area (TPSA) is 201 Å². The fourth-order valence-corrected chi connectivity index (χ4v) is 6.62. The molecule has 0 atom stereocenters. The van der Waals surface area contributed by atoms with Crippen LogP contribution in [0.5, 0.6) is 23.0 Å². The van der Waals surface area contributed by atoms with Gasteiger partial charge in [0.25, 0.3) is 5.91 Å². The van der Waals surface area contributed by atoms with Crippen molar-refractivity contribution in [3.8, 4) is 23.0 Å². The lowest BCUT2D eigenvalue weighted by atomic mass is 10.2. The lowest BCUT2D eigenvalue weighted by Crippen LogP contribution is -2.49. The van der Waals surface area contributed by atoms with Gasteiger partial charge in [0.05, 0.1) is 45.7 Å². The SMILES string of the molecule is CCCC(=O)N1CCCN(c2nc(N)c3cc(OC)c(OC)cc3n2)CC1.COc1cc2nc(N3CCN(C(=O)c4ccco4)CC3)nc(N)c2cc1OC. The van der Waals surface area contributed by atoms with Gasteiger partial charge >= 0.3 is 0 Å². The van der Waals surface area contributed by atoms with Gasteiger partial charge in [-0.05, 0) is 37.1 Å². The summed E-state index contributed by atoms with van der Waals surface area (Å²) in [5, 5.41) is 1.43. The highest BCUT2D eigenvalue weighted by Crippen LogP contribution is 2.35. The Morgan fingerprint density at radius 2 is 1.16 bits per heavy atom. The molecule has 2 aliphatic rings. The standard InChI is InChI=1S/C19H21N5O4.C19H27N5O3/c1-26-15-10-12-13(11-16(15)27-2)21-19(22-17(12)20)24-7-5-23(6-8-24)18(25)14-4-3-9-28-14;1-4-6-17(25)23-7-5-8-24(10-9-23)19-21-14-12-16(27-3)15(26-2)11-13(14)18(20)22-19/h3-4,9-11H,5-8H2,1-2H3,(H2,20,21,22);11-12H,4-10H2,1-3H3,(H2,20,21,22). The molecule has 292 valence electrons. The van der Waals surface area contributed by atoms with E-state index in [4.69, 9.17) is 34.8 Å². The Morgan fingerprint density at radius 1 is 0.673 bits per heavy atom. The molecule has 0 radical (unpaired) electrons. The lowest BCUT2D eigenvalue weighted by molar-refractivity contribution is -0.131. The maximum Gasteiger partial charge on any atom is 0.289 e. The normalized spacial score (nSPS) is 14.6. The van der Waals surface area contributed by atoms with Crippen LogP contribution in [0.25, 0.3) is 21.8 Å². The van der Waals surface area contributed by atoms with Crippen molar-refractivity contribution in [2.75, 3.05) is 102 Å². The number of piperazine rings is 1. The number of fused-ring (bicyclic) bond motifs is 2. The van der Waals surface area contributed by atoms with Gasteiger partial charge in [-0.15, -0.1) is 0 Å². The fraction of sp³-hybridized carbons (Fsp3) is 0.421. The average Bonchev–Trinajstić information content (AvgIpc) is 3.64. The van der Waals surface area contributed by atoms with E-state index in [0.29, 0.717) is 114 Å². The maximum absolute atomic E-state index is 12.4. The number of anilines is 4. The lowest BCUT2D eigenvalue weighted by Gasteiger charge is -2.34. The van der Waals surface area contributed by atoms with E-state index in [9.17, 15) is 9.59 Å². The second kappa shape index (κ2) is 17.3. The van der Waals surface area contributed by atoms with Crippen LogP contribution in [0, 0.1) is 0 Å². The number of nitrogens with zero attached hydrogens (tertiary/aromatic N) is 8. The number of benzene rings is 2. The number of rotatable bonds is 9. The van der Waals surface area contributed by atoms with Crippen LogP contribution >= 0.6 is 0 Å². The Bertz CT molecular complexity index is 2120. The fourth-order valence-electron chi connectivity index (χ4n) is 6.62. The van der Waals surface area contributed by atoms with Gasteiger partial charge in [-0.1, -0.05) is 6.92 Å². The zero-order valence-electron chi connectivity index (χ0n) is 31.9. The van der Waals surface area contributed by atoms with Gasteiger partial charge in [-0.2, -0.15) is 9.97 Å². The van der Waals surface area contributed by atoms with E-state index in [-0.39, 0.29) is 11.8 Å². The largest absolute Gasteiger partial charge is 0.493 e. The maximum atomic E-state index is 12.4. The first kappa shape index (κ1) is 38.5. The number of carbonyl (C=O) groups is 2. The van der Waals surface area contributed by atoms with Crippen molar-refractivity contribution in [1.29, 1.82) is 0 Å². The second-order valence-electron chi connectivity index (χ2n) is 13.0. The van der Waals surface area contributed by atoms with E-state index in [2.05, 4.69) is 24.8 Å². The first-order valence-corrected chi connectivity index (χ1v) is 18.2. The average molecular weight is 757 g/mol. The Hall–Kier alpha value is -6.26. The Balaban J connectivity index is 0.000000187. The molecular weight excluding hydrogens is 708 g/mol. The molecule has 7 rings (SSSR count). The van der Waals surface area contributed by atoms with Crippen molar-refractivity contribution < 1.29 is 33.0 Å². The highest BCUT2D eigenvalue weighted by Gasteiger charge is 2.26. The summed E-state index contributed by atoms with van der Waals surface area (Å²) in [6.45, 7) is 7.24. The summed E-state index contributed by atoms with van der Waals surface area (Å²) in [6.07, 6.45) is 3.84. The molecule has 5 heterocycles. The number of aromatic nitrogens is 4. The number of carbonyl (C=O) groups excluding carboxylic acids is 2. The van der Waals surface area contributed by atoms with Crippen LogP contribution in [0.3, 0.4) is 0 Å². The first-order chi connectivity index (χ1) is 26.7. The molecule has 2 aromatic carbocycles. The summed E-state index contributed by atoms with van der Waals surface area (Å²) in [5.74, 6) is 4.68. The van der Waals surface area contributed by atoms with E-state index in [1.807, 2.05) is 22.8 Å². The number of ether oxygens (including phenoxy) is 4. The molecule has 0 unspecified atom stereocenters. The molecule has 3 aromatic heterocycles. The van der Waals surface area contributed by atoms with Crippen LogP contribution in [0.2, 0.25) is 0 Å². The highest BCUT2D eigenvalue weighted by molar-refractivity contribution is 5.93. The van der Waals surface area contributed by atoms with Crippen LogP contribution in [-0.4, -0.2) is 122 Å². The molecule has 0 spiro atoms. The first-order valence-electron chi connectivity index (χ1n) is 18.2. The molecule has 0 bridgehead atoms. The highest BCUT2D eigenvalue weighted by atomic mass is 16.5. The van der Waals surface area contributed by atoms with Crippen molar-refractivity contribution in [3.05, 3.63) is 48.4 Å². The minimum Gasteiger partial charge on any atom is -0.493 e. The van der Waals surface area contributed by atoms with E-state index >= 15 is 0 Å². The van der Waals surface area contributed by atoms with E-state index < -0.39 is 0 Å². The smallest absolute Gasteiger partial charge is 0.289 e. The van der Waals surface area contributed by atoms with E-state index in [0.717, 1.165) is 31.3 Å². The van der Waals surface area contributed by atoms with Gasteiger partial charge in [0, 0.05) is 81.7 Å². The minimum absolute atomic E-state index is 0.111. The molecule has 55 heavy (non-hydrogen) atoms. The molecule has 5 aromatic rings. The van der Waals surface area contributed by atoms with Crippen molar-refractivity contribution in [3.63, 3.8) is 0 Å². The number of hydrogen-bond donors (Lipinski definition) is 2. The van der Waals surface area contributed by atoms with Gasteiger partial charge in [0.1, 0.15) is 11.6 Å². The van der Waals surface area contributed by atoms with Crippen molar-refractivity contribution in [1.82, 2.24) is 29.7 Å². The predicted octanol–water partition coefficient (Wildman–Crippen LogP) is 3.85. The quantitative estimate of drug-likeness (QED) is 0.220. The van der Waals surface area contributed by atoms with Crippen LogP contribution in [0.1, 0.15) is 36.7 Å². The molecule has 17 nitrogen and oxygen atoms in total. The van der Waals surface area contributed by atoms with Crippen LogP contribution in [0.15, 0.2) is 47.1 Å². The number of furan rings is 1. The van der Waals surface area contributed by atoms with Gasteiger partial charge in [0.2, 0.25) is 17.8 Å². The molecular formula is C38H48N10O7. The number of hydrogen-bond acceptors (Lipinski definition) is 15. The Kier molecular flexibility index (Phi) is 12.1. The van der Waals surface area contributed by atoms with Gasteiger partial charge in [0.15, 0.2) is 28.8 Å².